The van der Waals surface area contributed by atoms with Gasteiger partial charge in [0.25, 0.3) is 0 Å². The molecule has 0 saturated carbocycles. The summed E-state index contributed by atoms with van der Waals surface area (Å²) in [5, 5.41) is 10.5. The molecular formula is C13H17ClN4OS2. The van der Waals surface area contributed by atoms with E-state index < -0.39 is 0 Å². The van der Waals surface area contributed by atoms with Gasteiger partial charge in [-0.15, -0.1) is 22.0 Å². The second kappa shape index (κ2) is 8.53. The minimum atomic E-state index is 0.589. The lowest BCUT2D eigenvalue weighted by atomic mass is 10.2. The number of hydrogen-bond donors (Lipinski definition) is 1. The molecule has 0 amide bonds. The highest BCUT2D eigenvalue weighted by molar-refractivity contribution is 8.15. The molecule has 0 aliphatic rings. The van der Waals surface area contributed by atoms with E-state index in [1.807, 2.05) is 24.3 Å². The van der Waals surface area contributed by atoms with Crippen LogP contribution in [0.4, 0.5) is 0 Å². The van der Waals surface area contributed by atoms with Crippen molar-refractivity contribution in [1.29, 1.82) is 0 Å². The molecule has 2 aromatic rings. The van der Waals surface area contributed by atoms with Gasteiger partial charge in [0.15, 0.2) is 5.82 Å². The van der Waals surface area contributed by atoms with E-state index in [4.69, 9.17) is 22.2 Å². The molecule has 0 bridgehead atoms. The van der Waals surface area contributed by atoms with Crippen LogP contribution in [0, 0.1) is 0 Å². The number of benzene rings is 1. The first-order valence-corrected chi connectivity index (χ1v) is 8.86. The first-order valence-electron chi connectivity index (χ1n) is 6.34. The summed E-state index contributed by atoms with van der Waals surface area (Å²) < 4.78 is 6.54. The molecule has 21 heavy (non-hydrogen) atoms. The minimum Gasteiger partial charge on any atom is -0.384 e. The fourth-order valence-corrected chi connectivity index (χ4v) is 3.59. The highest BCUT2D eigenvalue weighted by Gasteiger charge is 2.09. The number of hydrogen-bond acceptors (Lipinski definition) is 6. The zero-order valence-corrected chi connectivity index (χ0v) is 14.0. The molecule has 0 aliphatic carbocycles. The molecule has 5 nitrogen and oxygen atoms in total. The van der Waals surface area contributed by atoms with Crippen molar-refractivity contribution in [3.05, 3.63) is 40.7 Å². The van der Waals surface area contributed by atoms with Crippen molar-refractivity contribution >= 4 is 35.1 Å². The fraction of sp³-hybridized carbons (Fsp3) is 0.385. The van der Waals surface area contributed by atoms with Crippen LogP contribution in [-0.2, 0) is 16.9 Å². The molecule has 1 aromatic carbocycles. The number of halogens is 1. The molecule has 0 atom stereocenters. The van der Waals surface area contributed by atoms with E-state index in [1.54, 1.807) is 30.6 Å². The topological polar surface area (TPSA) is 66.0 Å². The Bertz CT molecular complexity index is 562. The van der Waals surface area contributed by atoms with Gasteiger partial charge in [-0.3, -0.25) is 0 Å². The fourth-order valence-electron chi connectivity index (χ4n) is 1.60. The lowest BCUT2D eigenvalue weighted by Crippen LogP contribution is -2.15. The number of nitrogen functional groups attached to an aromatic ring is 1. The van der Waals surface area contributed by atoms with Crippen molar-refractivity contribution in [2.75, 3.05) is 24.6 Å². The molecule has 0 saturated heterocycles. The van der Waals surface area contributed by atoms with E-state index in [1.165, 1.54) is 10.2 Å². The summed E-state index contributed by atoms with van der Waals surface area (Å²) in [6.07, 6.45) is 0.665. The van der Waals surface area contributed by atoms with E-state index in [-0.39, 0.29) is 0 Å². The Morgan fingerprint density at radius 2 is 2.05 bits per heavy atom. The van der Waals surface area contributed by atoms with Crippen LogP contribution in [-0.4, -0.2) is 33.7 Å². The van der Waals surface area contributed by atoms with Crippen molar-refractivity contribution < 1.29 is 4.74 Å². The van der Waals surface area contributed by atoms with Crippen LogP contribution in [0.15, 0.2) is 29.4 Å². The maximum absolute atomic E-state index is 5.95. The summed E-state index contributed by atoms with van der Waals surface area (Å²) >= 11 is 9.24. The minimum absolute atomic E-state index is 0.589. The van der Waals surface area contributed by atoms with E-state index in [2.05, 4.69) is 10.2 Å². The highest BCUT2D eigenvalue weighted by Crippen LogP contribution is 2.23. The zero-order valence-electron chi connectivity index (χ0n) is 11.7. The van der Waals surface area contributed by atoms with Gasteiger partial charge in [0, 0.05) is 29.4 Å². The number of thioether (sulfide) groups is 2. The van der Waals surface area contributed by atoms with Crippen molar-refractivity contribution in [3.8, 4) is 0 Å². The van der Waals surface area contributed by atoms with Crippen LogP contribution in [0.3, 0.4) is 0 Å². The summed E-state index contributed by atoms with van der Waals surface area (Å²) in [7, 11) is 1.65. The molecule has 0 aliphatic heterocycles. The molecule has 8 heteroatoms. The number of nitrogens with two attached hydrogens (primary N) is 1. The Hall–Kier alpha value is -0.890. The molecule has 1 aromatic heterocycles. The van der Waals surface area contributed by atoms with Crippen LogP contribution in [0.2, 0.25) is 5.02 Å². The second-order valence-corrected chi connectivity index (χ2v) is 6.98. The normalized spacial score (nSPS) is 11.0. The van der Waals surface area contributed by atoms with E-state index in [0.717, 1.165) is 26.8 Å². The number of nitrogens with zero attached hydrogens (tertiary/aromatic N) is 3. The first-order chi connectivity index (χ1) is 10.2. The van der Waals surface area contributed by atoms with Crippen molar-refractivity contribution in [2.24, 2.45) is 0 Å². The molecule has 0 unspecified atom stereocenters. The van der Waals surface area contributed by atoms with Gasteiger partial charge in [-0.25, -0.2) is 4.68 Å². The Morgan fingerprint density at radius 3 is 2.76 bits per heavy atom. The maximum atomic E-state index is 5.95. The first kappa shape index (κ1) is 16.5. The monoisotopic (exact) mass is 344 g/mol. The molecule has 0 radical (unpaired) electrons. The Kier molecular flexibility index (Phi) is 6.69. The van der Waals surface area contributed by atoms with Crippen molar-refractivity contribution in [3.63, 3.8) is 0 Å². The number of methoxy groups -OCH3 is 1. The smallest absolute Gasteiger partial charge is 0.210 e. The van der Waals surface area contributed by atoms with Crippen LogP contribution in [0.25, 0.3) is 0 Å². The highest BCUT2D eigenvalue weighted by atomic mass is 35.5. The van der Waals surface area contributed by atoms with Gasteiger partial charge >= 0.3 is 0 Å². The average Bonchev–Trinajstić information content (AvgIpc) is 2.84. The number of ether oxygens (including phenoxy) is 1. The van der Waals surface area contributed by atoms with Crippen LogP contribution >= 0.6 is 35.1 Å². The second-order valence-electron chi connectivity index (χ2n) is 4.25. The summed E-state index contributed by atoms with van der Waals surface area (Å²) in [6.45, 7) is 0.589. The van der Waals surface area contributed by atoms with Crippen LogP contribution in [0.5, 0.6) is 0 Å². The summed E-state index contributed by atoms with van der Waals surface area (Å²) in [5.74, 6) is 7.61. The average molecular weight is 345 g/mol. The van der Waals surface area contributed by atoms with Gasteiger partial charge in [-0.1, -0.05) is 35.5 Å². The SMILES string of the molecule is COCCc1nnc(SCSCc2ccc(Cl)cc2)n1N. The van der Waals surface area contributed by atoms with E-state index >= 15 is 0 Å². The van der Waals surface area contributed by atoms with Gasteiger partial charge in [-0.05, 0) is 17.7 Å². The van der Waals surface area contributed by atoms with Crippen LogP contribution in [0.1, 0.15) is 11.4 Å². The Balaban J connectivity index is 1.75. The molecule has 0 spiro atoms. The van der Waals surface area contributed by atoms with Gasteiger partial charge in [0.2, 0.25) is 5.16 Å². The predicted octanol–water partition coefficient (Wildman–Crippen LogP) is 2.82. The molecule has 2 rings (SSSR count). The molecular weight excluding hydrogens is 328 g/mol. The molecule has 2 N–H and O–H groups in total. The third-order valence-electron chi connectivity index (χ3n) is 2.72. The van der Waals surface area contributed by atoms with Crippen molar-refractivity contribution in [2.45, 2.75) is 17.3 Å². The van der Waals surface area contributed by atoms with Gasteiger partial charge in [0.1, 0.15) is 0 Å². The molecule has 114 valence electrons. The van der Waals surface area contributed by atoms with Crippen LogP contribution < -0.4 is 5.84 Å². The van der Waals surface area contributed by atoms with Gasteiger partial charge in [0.05, 0.1) is 6.61 Å². The lowest BCUT2D eigenvalue weighted by molar-refractivity contribution is 0.200. The maximum Gasteiger partial charge on any atom is 0.210 e. The van der Waals surface area contributed by atoms with E-state index in [0.29, 0.717) is 13.0 Å². The number of aromatic nitrogens is 3. The summed E-state index contributed by atoms with van der Waals surface area (Å²) in [4.78, 5) is 0. The van der Waals surface area contributed by atoms with Gasteiger partial charge < -0.3 is 10.6 Å². The Labute approximate surface area is 137 Å². The van der Waals surface area contributed by atoms with Crippen molar-refractivity contribution in [1.82, 2.24) is 14.9 Å². The molecule has 1 heterocycles. The third-order valence-corrected chi connectivity index (χ3v) is 5.18. The van der Waals surface area contributed by atoms with E-state index in [9.17, 15) is 0 Å². The third kappa shape index (κ3) is 5.10. The predicted molar refractivity (Wildman–Crippen MR) is 89.2 cm³/mol. The Morgan fingerprint density at radius 1 is 1.29 bits per heavy atom. The lowest BCUT2D eigenvalue weighted by Gasteiger charge is -2.04. The molecule has 0 fully saturated rings. The summed E-state index contributed by atoms with van der Waals surface area (Å²) in [5.41, 5.74) is 1.25. The standard InChI is InChI=1S/C13H17ClN4OS2/c1-19-7-6-12-16-17-13(18(12)15)21-9-20-8-10-2-4-11(14)5-3-10/h2-5H,6-9,15H2,1H3. The zero-order chi connectivity index (χ0) is 15.1. The number of rotatable bonds is 8. The largest absolute Gasteiger partial charge is 0.384 e. The van der Waals surface area contributed by atoms with Gasteiger partial charge in [-0.2, -0.15) is 0 Å². The quantitative estimate of drug-likeness (QED) is 0.344. The summed E-state index contributed by atoms with van der Waals surface area (Å²) in [6, 6.07) is 7.88.